The Kier molecular flexibility index (Phi) is 4.90. The van der Waals surface area contributed by atoms with Gasteiger partial charge in [0.2, 0.25) is 5.91 Å². The van der Waals surface area contributed by atoms with Crippen LogP contribution in [0.1, 0.15) is 51.1 Å². The summed E-state index contributed by atoms with van der Waals surface area (Å²) < 4.78 is 0. The van der Waals surface area contributed by atoms with Gasteiger partial charge < -0.3 is 10.2 Å². The lowest BCUT2D eigenvalue weighted by Crippen LogP contribution is -2.39. The Labute approximate surface area is 132 Å². The zero-order chi connectivity index (χ0) is 15.4. The first-order valence-corrected chi connectivity index (χ1v) is 8.53. The molecule has 2 fully saturated rings. The Bertz CT molecular complexity index is 513. The molecule has 5 nitrogen and oxygen atoms in total. The van der Waals surface area contributed by atoms with Crippen LogP contribution in [0.5, 0.6) is 0 Å². The number of carbonyl (C=O) groups excluding carboxylic acids is 1. The van der Waals surface area contributed by atoms with Crippen molar-refractivity contribution in [2.45, 2.75) is 57.9 Å². The van der Waals surface area contributed by atoms with Crippen LogP contribution < -0.4 is 5.32 Å². The molecule has 1 atom stereocenters. The summed E-state index contributed by atoms with van der Waals surface area (Å²) in [6.07, 6.45) is 10.0. The van der Waals surface area contributed by atoms with Gasteiger partial charge in [-0.15, -0.1) is 0 Å². The molecule has 1 N–H and O–H groups in total. The van der Waals surface area contributed by atoms with E-state index in [1.54, 1.807) is 13.3 Å². The van der Waals surface area contributed by atoms with Gasteiger partial charge in [0.15, 0.2) is 0 Å². The van der Waals surface area contributed by atoms with Crippen LogP contribution in [-0.2, 0) is 11.2 Å². The van der Waals surface area contributed by atoms with E-state index in [4.69, 9.17) is 0 Å². The van der Waals surface area contributed by atoms with E-state index in [2.05, 4.69) is 21.4 Å². The second-order valence-electron chi connectivity index (χ2n) is 6.70. The first kappa shape index (κ1) is 15.3. The molecule has 1 aromatic heterocycles. The lowest BCUT2D eigenvalue weighted by molar-refractivity contribution is -0.130. The molecule has 1 saturated heterocycles. The summed E-state index contributed by atoms with van der Waals surface area (Å²) in [5, 5.41) is 3.53. The minimum atomic E-state index is 0.191. The zero-order valence-corrected chi connectivity index (χ0v) is 13.4. The highest BCUT2D eigenvalue weighted by Gasteiger charge is 2.22. The molecule has 2 heterocycles. The molecule has 22 heavy (non-hydrogen) atoms. The maximum atomic E-state index is 11.5. The fourth-order valence-electron chi connectivity index (χ4n) is 3.68. The smallest absolute Gasteiger partial charge is 0.219 e. The van der Waals surface area contributed by atoms with Crippen molar-refractivity contribution in [2.24, 2.45) is 5.92 Å². The van der Waals surface area contributed by atoms with Crippen LogP contribution in [0.15, 0.2) is 12.4 Å². The normalized spacial score (nSPS) is 22.8. The second kappa shape index (κ2) is 7.07. The minimum absolute atomic E-state index is 0.191. The van der Waals surface area contributed by atoms with E-state index in [-0.39, 0.29) is 5.91 Å². The summed E-state index contributed by atoms with van der Waals surface area (Å²) in [6, 6.07) is 2.66. The third kappa shape index (κ3) is 3.96. The zero-order valence-electron chi connectivity index (χ0n) is 13.4. The molecule has 0 bridgehead atoms. The molecule has 0 spiro atoms. The molecule has 1 amide bonds. The lowest BCUT2D eigenvalue weighted by atomic mass is 9.93. The second-order valence-corrected chi connectivity index (χ2v) is 6.70. The van der Waals surface area contributed by atoms with Crippen molar-refractivity contribution in [2.75, 3.05) is 18.4 Å². The van der Waals surface area contributed by atoms with Crippen LogP contribution in [0.3, 0.4) is 0 Å². The number of nitrogens with zero attached hydrogens (tertiary/aromatic N) is 3. The molecule has 0 unspecified atom stereocenters. The number of hydrogen-bond donors (Lipinski definition) is 1. The summed E-state index contributed by atoms with van der Waals surface area (Å²) in [6.45, 7) is 3.44. The van der Waals surface area contributed by atoms with Gasteiger partial charge in [0.05, 0.1) is 0 Å². The molecule has 2 aliphatic rings. The third-order valence-corrected chi connectivity index (χ3v) is 4.89. The van der Waals surface area contributed by atoms with Crippen molar-refractivity contribution in [3.05, 3.63) is 18.1 Å². The first-order chi connectivity index (χ1) is 10.7. The van der Waals surface area contributed by atoms with Crippen molar-refractivity contribution in [3.63, 3.8) is 0 Å². The summed E-state index contributed by atoms with van der Waals surface area (Å²) >= 11 is 0. The van der Waals surface area contributed by atoms with Crippen LogP contribution in [-0.4, -0.2) is 39.9 Å². The molecule has 1 aliphatic carbocycles. The Morgan fingerprint density at radius 2 is 2.09 bits per heavy atom. The number of carbonyl (C=O) groups is 1. The number of piperidine rings is 1. The molecule has 120 valence electrons. The van der Waals surface area contributed by atoms with Gasteiger partial charge in [-0.25, -0.2) is 9.97 Å². The highest BCUT2D eigenvalue weighted by atomic mass is 16.2. The number of aromatic nitrogens is 2. The summed E-state index contributed by atoms with van der Waals surface area (Å²) in [7, 11) is 0. The van der Waals surface area contributed by atoms with E-state index >= 15 is 0 Å². The summed E-state index contributed by atoms with van der Waals surface area (Å²) in [5.41, 5.74) is 1.09. The van der Waals surface area contributed by atoms with Crippen molar-refractivity contribution >= 4 is 11.7 Å². The lowest BCUT2D eigenvalue weighted by Gasteiger charge is -2.32. The summed E-state index contributed by atoms with van der Waals surface area (Å²) in [4.78, 5) is 22.3. The van der Waals surface area contributed by atoms with E-state index in [9.17, 15) is 4.79 Å². The Morgan fingerprint density at radius 1 is 1.27 bits per heavy atom. The molecule has 5 heteroatoms. The molecule has 3 rings (SSSR count). The van der Waals surface area contributed by atoms with Gasteiger partial charge >= 0.3 is 0 Å². The summed E-state index contributed by atoms with van der Waals surface area (Å²) in [5.74, 6) is 1.67. The number of rotatable bonds is 4. The number of hydrogen-bond acceptors (Lipinski definition) is 4. The molecule has 1 aromatic rings. The van der Waals surface area contributed by atoms with Crippen molar-refractivity contribution in [1.82, 2.24) is 14.9 Å². The highest BCUT2D eigenvalue weighted by Crippen LogP contribution is 2.23. The number of nitrogens with one attached hydrogen (secondary N) is 1. The van der Waals surface area contributed by atoms with Crippen LogP contribution in [0.25, 0.3) is 0 Å². The Hall–Kier alpha value is -1.65. The molecule has 0 radical (unpaired) electrons. The maximum Gasteiger partial charge on any atom is 0.219 e. The van der Waals surface area contributed by atoms with Gasteiger partial charge in [0, 0.05) is 37.8 Å². The Morgan fingerprint density at radius 3 is 2.86 bits per heavy atom. The van der Waals surface area contributed by atoms with Crippen molar-refractivity contribution in [1.29, 1.82) is 0 Å². The fourth-order valence-corrected chi connectivity index (χ4v) is 3.68. The predicted molar refractivity (Wildman–Crippen MR) is 86.6 cm³/mol. The van der Waals surface area contributed by atoms with Crippen LogP contribution in [0.2, 0.25) is 0 Å². The van der Waals surface area contributed by atoms with E-state index in [0.29, 0.717) is 12.0 Å². The standard InChI is InChI=1S/C17H26N4O/c1-13(22)21-8-4-5-14(11-21)9-16-10-17(19-12-18-16)20-15-6-2-3-7-15/h10,12,14-15H,2-9,11H2,1H3,(H,18,19,20)/t14-/m0/s1. The van der Waals surface area contributed by atoms with Crippen molar-refractivity contribution in [3.8, 4) is 0 Å². The SMILES string of the molecule is CC(=O)N1CCC[C@@H](Cc2cc(NC3CCCC3)ncn2)C1. The van der Waals surface area contributed by atoms with Gasteiger partial charge in [0.1, 0.15) is 12.1 Å². The van der Waals surface area contributed by atoms with E-state index < -0.39 is 0 Å². The van der Waals surface area contributed by atoms with Crippen molar-refractivity contribution < 1.29 is 4.79 Å². The number of anilines is 1. The molecule has 1 aliphatic heterocycles. The van der Waals surface area contributed by atoms with Gasteiger partial charge in [0.25, 0.3) is 0 Å². The third-order valence-electron chi connectivity index (χ3n) is 4.89. The number of amides is 1. The highest BCUT2D eigenvalue weighted by molar-refractivity contribution is 5.73. The van der Waals surface area contributed by atoms with E-state index in [0.717, 1.165) is 37.4 Å². The molecule has 1 saturated carbocycles. The van der Waals surface area contributed by atoms with Gasteiger partial charge in [-0.1, -0.05) is 12.8 Å². The topological polar surface area (TPSA) is 58.1 Å². The predicted octanol–water partition coefficient (Wildman–Crippen LogP) is 2.63. The van der Waals surface area contributed by atoms with Gasteiger partial charge in [-0.3, -0.25) is 4.79 Å². The van der Waals surface area contributed by atoms with E-state index in [1.807, 2.05) is 4.90 Å². The molecule has 0 aromatic carbocycles. The van der Waals surface area contributed by atoms with E-state index in [1.165, 1.54) is 32.1 Å². The van der Waals surface area contributed by atoms with Crippen LogP contribution >= 0.6 is 0 Å². The monoisotopic (exact) mass is 302 g/mol. The minimum Gasteiger partial charge on any atom is -0.367 e. The Balaban J connectivity index is 1.58. The largest absolute Gasteiger partial charge is 0.367 e. The van der Waals surface area contributed by atoms with Crippen LogP contribution in [0, 0.1) is 5.92 Å². The average molecular weight is 302 g/mol. The van der Waals surface area contributed by atoms with Crippen LogP contribution in [0.4, 0.5) is 5.82 Å². The molecular formula is C17H26N4O. The quantitative estimate of drug-likeness (QED) is 0.929. The molecular weight excluding hydrogens is 276 g/mol. The number of likely N-dealkylation sites (tertiary alicyclic amines) is 1. The maximum absolute atomic E-state index is 11.5. The first-order valence-electron chi connectivity index (χ1n) is 8.53. The van der Waals surface area contributed by atoms with Gasteiger partial charge in [-0.2, -0.15) is 0 Å². The fraction of sp³-hybridized carbons (Fsp3) is 0.706. The average Bonchev–Trinajstić information content (AvgIpc) is 3.01. The van der Waals surface area contributed by atoms with Gasteiger partial charge in [-0.05, 0) is 38.0 Å².